The maximum Gasteiger partial charge on any atom is 0.358 e. The topological polar surface area (TPSA) is 97.5 Å². The highest BCUT2D eigenvalue weighted by Gasteiger charge is 2.25. The monoisotopic (exact) mass is 302 g/mol. The van der Waals surface area contributed by atoms with Crippen molar-refractivity contribution < 1.29 is 19.4 Å². The first-order valence-corrected chi connectivity index (χ1v) is 6.69. The van der Waals surface area contributed by atoms with Gasteiger partial charge in [-0.1, -0.05) is 5.21 Å². The third-order valence-corrected chi connectivity index (χ3v) is 3.54. The Morgan fingerprint density at radius 1 is 1.41 bits per heavy atom. The molecule has 1 aliphatic heterocycles. The highest BCUT2D eigenvalue weighted by molar-refractivity contribution is 5.95. The molecule has 22 heavy (non-hydrogen) atoms. The van der Waals surface area contributed by atoms with Crippen LogP contribution in [-0.4, -0.2) is 45.6 Å². The van der Waals surface area contributed by atoms with Gasteiger partial charge in [-0.05, 0) is 30.2 Å². The first-order chi connectivity index (χ1) is 10.6. The molecule has 1 N–H and O–H groups in total. The number of aromatic carboxylic acids is 1. The molecule has 2 heterocycles. The van der Waals surface area contributed by atoms with E-state index in [4.69, 9.17) is 9.84 Å². The van der Waals surface area contributed by atoms with E-state index < -0.39 is 5.97 Å². The molecule has 1 amide bonds. The van der Waals surface area contributed by atoms with Crippen molar-refractivity contribution in [3.63, 3.8) is 0 Å². The largest absolute Gasteiger partial charge is 0.497 e. The molecule has 114 valence electrons. The van der Waals surface area contributed by atoms with Crippen molar-refractivity contribution in [3.05, 3.63) is 35.7 Å². The average molecular weight is 302 g/mol. The third-order valence-electron chi connectivity index (χ3n) is 3.54. The van der Waals surface area contributed by atoms with Crippen LogP contribution in [0.25, 0.3) is 0 Å². The fourth-order valence-corrected chi connectivity index (χ4v) is 2.46. The maximum atomic E-state index is 12.4. The second-order valence-electron chi connectivity index (χ2n) is 4.90. The number of amides is 1. The Bertz CT molecular complexity index is 740. The molecule has 0 bridgehead atoms. The number of rotatable bonds is 4. The Labute approximate surface area is 125 Å². The van der Waals surface area contributed by atoms with E-state index in [2.05, 4.69) is 10.3 Å². The Kier molecular flexibility index (Phi) is 3.50. The number of hydrogen-bond donors (Lipinski definition) is 1. The molecule has 0 aliphatic carbocycles. The smallest absolute Gasteiger partial charge is 0.358 e. The van der Waals surface area contributed by atoms with E-state index in [1.807, 2.05) is 18.2 Å². The van der Waals surface area contributed by atoms with Crippen LogP contribution in [0.4, 0.5) is 5.69 Å². The Morgan fingerprint density at radius 3 is 2.91 bits per heavy atom. The fraction of sp³-hybridized carbons (Fsp3) is 0.286. The summed E-state index contributed by atoms with van der Waals surface area (Å²) in [5, 5.41) is 15.9. The summed E-state index contributed by atoms with van der Waals surface area (Å²) in [6.45, 7) is 0.535. The maximum absolute atomic E-state index is 12.4. The highest BCUT2D eigenvalue weighted by Crippen LogP contribution is 2.31. The van der Waals surface area contributed by atoms with Gasteiger partial charge in [-0.2, -0.15) is 0 Å². The molecule has 3 rings (SSSR count). The number of benzene rings is 1. The SMILES string of the molecule is COc1ccc2c(c1)CCN2C(=O)Cn1cc(C(=O)O)nn1. The molecule has 0 unspecified atom stereocenters. The lowest BCUT2D eigenvalue weighted by molar-refractivity contribution is -0.119. The number of carbonyl (C=O) groups excluding carboxylic acids is 1. The minimum Gasteiger partial charge on any atom is -0.497 e. The van der Waals surface area contributed by atoms with Crippen LogP contribution in [0.3, 0.4) is 0 Å². The number of ether oxygens (including phenoxy) is 1. The normalized spacial score (nSPS) is 13.0. The van der Waals surface area contributed by atoms with Crippen LogP contribution in [0, 0.1) is 0 Å². The number of methoxy groups -OCH3 is 1. The Morgan fingerprint density at radius 2 is 2.23 bits per heavy atom. The van der Waals surface area contributed by atoms with Gasteiger partial charge >= 0.3 is 5.97 Å². The molecule has 8 nitrogen and oxygen atoms in total. The highest BCUT2D eigenvalue weighted by atomic mass is 16.5. The average Bonchev–Trinajstić information content (AvgIpc) is 3.12. The van der Waals surface area contributed by atoms with Crippen LogP contribution in [0.15, 0.2) is 24.4 Å². The number of aromatic nitrogens is 3. The molecule has 2 aromatic rings. The zero-order valence-electron chi connectivity index (χ0n) is 11.9. The Hall–Kier alpha value is -2.90. The lowest BCUT2D eigenvalue weighted by atomic mass is 10.1. The van der Waals surface area contributed by atoms with Gasteiger partial charge in [-0.25, -0.2) is 9.48 Å². The molecule has 1 aliphatic rings. The van der Waals surface area contributed by atoms with Crippen LogP contribution in [0.1, 0.15) is 16.1 Å². The molecule has 1 aromatic carbocycles. The van der Waals surface area contributed by atoms with Crippen molar-refractivity contribution in [1.29, 1.82) is 0 Å². The van der Waals surface area contributed by atoms with Gasteiger partial charge in [0, 0.05) is 12.2 Å². The van der Waals surface area contributed by atoms with Crippen molar-refractivity contribution in [3.8, 4) is 5.75 Å². The number of hydrogen-bond acceptors (Lipinski definition) is 5. The van der Waals surface area contributed by atoms with Crippen molar-refractivity contribution in [2.45, 2.75) is 13.0 Å². The quantitative estimate of drug-likeness (QED) is 0.887. The second-order valence-corrected chi connectivity index (χ2v) is 4.90. The first-order valence-electron chi connectivity index (χ1n) is 6.69. The summed E-state index contributed by atoms with van der Waals surface area (Å²) >= 11 is 0. The number of carbonyl (C=O) groups is 2. The summed E-state index contributed by atoms with van der Waals surface area (Å²) < 4.78 is 6.40. The van der Waals surface area contributed by atoms with E-state index in [0.29, 0.717) is 6.54 Å². The number of fused-ring (bicyclic) bond motifs is 1. The van der Waals surface area contributed by atoms with Crippen LogP contribution >= 0.6 is 0 Å². The van der Waals surface area contributed by atoms with Crippen LogP contribution in [0.5, 0.6) is 5.75 Å². The zero-order chi connectivity index (χ0) is 15.7. The number of nitrogens with zero attached hydrogens (tertiary/aromatic N) is 4. The summed E-state index contributed by atoms with van der Waals surface area (Å²) in [7, 11) is 1.60. The van der Waals surface area contributed by atoms with E-state index in [1.54, 1.807) is 12.0 Å². The van der Waals surface area contributed by atoms with Crippen LogP contribution < -0.4 is 9.64 Å². The number of carboxylic acid groups (broad SMARTS) is 1. The van der Waals surface area contributed by atoms with Gasteiger partial charge in [0.25, 0.3) is 0 Å². The summed E-state index contributed by atoms with van der Waals surface area (Å²) in [6, 6.07) is 5.58. The molecule has 0 saturated carbocycles. The molecule has 0 radical (unpaired) electrons. The van der Waals surface area contributed by atoms with E-state index in [1.165, 1.54) is 10.9 Å². The van der Waals surface area contributed by atoms with Gasteiger partial charge in [-0.3, -0.25) is 4.79 Å². The molecule has 8 heteroatoms. The number of anilines is 1. The van der Waals surface area contributed by atoms with E-state index >= 15 is 0 Å². The lowest BCUT2D eigenvalue weighted by Gasteiger charge is -2.17. The summed E-state index contributed by atoms with van der Waals surface area (Å²) in [5.41, 5.74) is 1.72. The zero-order valence-corrected chi connectivity index (χ0v) is 11.9. The van der Waals surface area contributed by atoms with E-state index in [-0.39, 0.29) is 18.1 Å². The molecule has 0 atom stereocenters. The molecular formula is C14H14N4O4. The van der Waals surface area contributed by atoms with Gasteiger partial charge in [0.05, 0.1) is 13.3 Å². The fourth-order valence-electron chi connectivity index (χ4n) is 2.46. The molecular weight excluding hydrogens is 288 g/mol. The minimum atomic E-state index is -1.17. The third kappa shape index (κ3) is 2.50. The van der Waals surface area contributed by atoms with Gasteiger partial charge < -0.3 is 14.7 Å². The molecule has 0 spiro atoms. The van der Waals surface area contributed by atoms with Gasteiger partial charge in [0.2, 0.25) is 5.91 Å². The first kappa shape index (κ1) is 14.1. The van der Waals surface area contributed by atoms with Gasteiger partial charge in [-0.15, -0.1) is 5.10 Å². The molecule has 1 aromatic heterocycles. The summed E-state index contributed by atoms with van der Waals surface area (Å²) in [5.74, 6) is -0.571. The van der Waals surface area contributed by atoms with Crippen molar-refractivity contribution in [2.75, 3.05) is 18.6 Å². The lowest BCUT2D eigenvalue weighted by Crippen LogP contribution is -2.32. The van der Waals surface area contributed by atoms with Crippen molar-refractivity contribution in [2.24, 2.45) is 0 Å². The van der Waals surface area contributed by atoms with E-state index in [0.717, 1.165) is 23.4 Å². The second kappa shape index (κ2) is 5.47. The van der Waals surface area contributed by atoms with Crippen molar-refractivity contribution >= 4 is 17.6 Å². The minimum absolute atomic E-state index is 0.0499. The predicted molar refractivity (Wildman–Crippen MR) is 76.0 cm³/mol. The van der Waals surface area contributed by atoms with Crippen molar-refractivity contribution in [1.82, 2.24) is 15.0 Å². The standard InChI is InChI=1S/C14H14N4O4/c1-22-10-2-3-12-9(6-10)4-5-18(12)13(19)8-17-7-11(14(20)21)15-16-17/h2-3,6-7H,4-5,8H2,1H3,(H,20,21). The van der Waals surface area contributed by atoms with E-state index in [9.17, 15) is 9.59 Å². The van der Waals surface area contributed by atoms with Gasteiger partial charge in [0.15, 0.2) is 5.69 Å². The van der Waals surface area contributed by atoms with Gasteiger partial charge in [0.1, 0.15) is 12.3 Å². The van der Waals surface area contributed by atoms with Crippen LogP contribution in [-0.2, 0) is 17.8 Å². The summed E-state index contributed by atoms with van der Waals surface area (Å²) in [6.07, 6.45) is 2.00. The molecule has 0 saturated heterocycles. The Balaban J connectivity index is 1.75. The summed E-state index contributed by atoms with van der Waals surface area (Å²) in [4.78, 5) is 24.8. The van der Waals surface area contributed by atoms with Crippen LogP contribution in [0.2, 0.25) is 0 Å². The molecule has 0 fully saturated rings. The predicted octanol–water partition coefficient (Wildman–Crippen LogP) is 0.574. The number of carboxylic acids is 1.